The van der Waals surface area contributed by atoms with Gasteiger partial charge in [-0.25, -0.2) is 0 Å². The van der Waals surface area contributed by atoms with Crippen LogP contribution in [0, 0.1) is 5.92 Å². The molecule has 0 radical (unpaired) electrons. The topological polar surface area (TPSA) is 53.5 Å². The Balaban J connectivity index is 0.00000200. The Hall–Kier alpha value is -0.0800. The highest BCUT2D eigenvalue weighted by atomic mass is 35.5. The molecule has 3 N–H and O–H groups in total. The molecule has 1 saturated carbocycles. The van der Waals surface area contributed by atoms with Crippen LogP contribution in [0.3, 0.4) is 0 Å². The van der Waals surface area contributed by atoms with Gasteiger partial charge in [-0.2, -0.15) is 13.2 Å². The summed E-state index contributed by atoms with van der Waals surface area (Å²) in [6, 6.07) is 0.230. The van der Waals surface area contributed by atoms with Crippen molar-refractivity contribution in [1.29, 1.82) is 0 Å². The smallest absolute Gasteiger partial charge is 0.382 e. The van der Waals surface area contributed by atoms with Gasteiger partial charge in [0.25, 0.3) is 0 Å². The third kappa shape index (κ3) is 4.73. The van der Waals surface area contributed by atoms with Gasteiger partial charge in [0.2, 0.25) is 0 Å². The van der Waals surface area contributed by atoms with Gasteiger partial charge in [-0.15, -0.1) is 12.4 Å². The molecular formula is C12H22ClF3N2O2. The first-order valence-corrected chi connectivity index (χ1v) is 6.78. The molecule has 0 amide bonds. The zero-order chi connectivity index (χ0) is 13.9. The van der Waals surface area contributed by atoms with Crippen LogP contribution in [-0.2, 0) is 4.74 Å². The van der Waals surface area contributed by atoms with Crippen molar-refractivity contribution in [3.8, 4) is 0 Å². The van der Waals surface area contributed by atoms with Crippen LogP contribution in [0.2, 0.25) is 0 Å². The van der Waals surface area contributed by atoms with Crippen molar-refractivity contribution >= 4 is 12.4 Å². The van der Waals surface area contributed by atoms with Crippen LogP contribution in [0.15, 0.2) is 0 Å². The molecule has 120 valence electrons. The fraction of sp³-hybridized carbons (Fsp3) is 1.00. The molecular weight excluding hydrogens is 297 g/mol. The molecule has 0 aromatic carbocycles. The van der Waals surface area contributed by atoms with E-state index in [1.807, 2.05) is 0 Å². The summed E-state index contributed by atoms with van der Waals surface area (Å²) in [5.41, 5.74) is 0. The third-order valence-corrected chi connectivity index (χ3v) is 3.99. The van der Waals surface area contributed by atoms with E-state index in [4.69, 9.17) is 9.84 Å². The lowest BCUT2D eigenvalue weighted by molar-refractivity contribution is -0.202. The van der Waals surface area contributed by atoms with E-state index in [0.717, 1.165) is 25.8 Å². The molecule has 4 nitrogen and oxygen atoms in total. The molecule has 20 heavy (non-hydrogen) atoms. The highest BCUT2D eigenvalue weighted by molar-refractivity contribution is 5.85. The summed E-state index contributed by atoms with van der Waals surface area (Å²) in [5, 5.41) is 15.2. The van der Waals surface area contributed by atoms with Gasteiger partial charge < -0.3 is 20.5 Å². The Labute approximate surface area is 122 Å². The van der Waals surface area contributed by atoms with Crippen molar-refractivity contribution in [2.45, 2.75) is 43.6 Å². The standard InChI is InChI=1S/C12H21F3N2O2.ClH/c13-12(14,15)11(18)6-17-9-3-1-2-8(9)10-7-19-5-4-16-10;/h8-11,16-18H,1-7H2;1H. The zero-order valence-corrected chi connectivity index (χ0v) is 12.0. The summed E-state index contributed by atoms with van der Waals surface area (Å²) >= 11 is 0. The summed E-state index contributed by atoms with van der Waals surface area (Å²) < 4.78 is 42.2. The van der Waals surface area contributed by atoms with E-state index in [1.54, 1.807) is 0 Å². The monoisotopic (exact) mass is 318 g/mol. The van der Waals surface area contributed by atoms with Crippen LogP contribution in [0.5, 0.6) is 0 Å². The number of nitrogens with one attached hydrogen (secondary N) is 2. The minimum Gasteiger partial charge on any atom is -0.382 e. The van der Waals surface area contributed by atoms with Crippen LogP contribution in [0.25, 0.3) is 0 Å². The van der Waals surface area contributed by atoms with Crippen molar-refractivity contribution in [3.05, 3.63) is 0 Å². The number of aliphatic hydroxyl groups is 1. The van der Waals surface area contributed by atoms with Crippen molar-refractivity contribution in [2.75, 3.05) is 26.3 Å². The van der Waals surface area contributed by atoms with Crippen LogP contribution in [-0.4, -0.2) is 55.8 Å². The van der Waals surface area contributed by atoms with Crippen LogP contribution in [0.4, 0.5) is 13.2 Å². The van der Waals surface area contributed by atoms with Crippen molar-refractivity contribution in [2.24, 2.45) is 5.92 Å². The molecule has 2 fully saturated rings. The van der Waals surface area contributed by atoms with E-state index < -0.39 is 18.8 Å². The largest absolute Gasteiger partial charge is 0.415 e. The van der Waals surface area contributed by atoms with Gasteiger partial charge in [0.15, 0.2) is 6.10 Å². The van der Waals surface area contributed by atoms with Gasteiger partial charge in [-0.05, 0) is 18.8 Å². The van der Waals surface area contributed by atoms with Gasteiger partial charge in [0.05, 0.1) is 13.2 Å². The predicted octanol–water partition coefficient (Wildman–Crippen LogP) is 1.08. The maximum Gasteiger partial charge on any atom is 0.415 e. The zero-order valence-electron chi connectivity index (χ0n) is 11.2. The van der Waals surface area contributed by atoms with Crippen molar-refractivity contribution in [3.63, 3.8) is 0 Å². The molecule has 1 aliphatic carbocycles. The Kier molecular flexibility index (Phi) is 7.00. The minimum absolute atomic E-state index is 0. The first-order valence-electron chi connectivity index (χ1n) is 6.78. The van der Waals surface area contributed by atoms with Crippen molar-refractivity contribution < 1.29 is 23.0 Å². The average molecular weight is 319 g/mol. The Bertz CT molecular complexity index is 288. The molecule has 0 aromatic heterocycles. The number of aliphatic hydroxyl groups excluding tert-OH is 1. The van der Waals surface area contributed by atoms with E-state index in [-0.39, 0.29) is 30.4 Å². The number of ether oxygens (including phenoxy) is 1. The highest BCUT2D eigenvalue weighted by Gasteiger charge is 2.40. The molecule has 0 aromatic rings. The van der Waals surface area contributed by atoms with Gasteiger partial charge in [0, 0.05) is 25.2 Å². The van der Waals surface area contributed by atoms with Gasteiger partial charge in [0.1, 0.15) is 0 Å². The lowest BCUT2D eigenvalue weighted by atomic mass is 9.94. The summed E-state index contributed by atoms with van der Waals surface area (Å²) in [7, 11) is 0. The van der Waals surface area contributed by atoms with E-state index >= 15 is 0 Å². The molecule has 2 rings (SSSR count). The number of halogens is 4. The second-order valence-electron chi connectivity index (χ2n) is 5.30. The number of rotatable bonds is 4. The molecule has 4 atom stereocenters. The molecule has 8 heteroatoms. The lowest BCUT2D eigenvalue weighted by Gasteiger charge is -2.33. The summed E-state index contributed by atoms with van der Waals surface area (Å²) in [4.78, 5) is 0. The summed E-state index contributed by atoms with van der Waals surface area (Å²) in [6.45, 7) is 1.66. The average Bonchev–Trinajstić information content (AvgIpc) is 2.84. The first kappa shape index (κ1) is 18.0. The Morgan fingerprint density at radius 3 is 2.70 bits per heavy atom. The van der Waals surface area contributed by atoms with E-state index in [0.29, 0.717) is 13.2 Å². The number of hydrogen-bond acceptors (Lipinski definition) is 4. The third-order valence-electron chi connectivity index (χ3n) is 3.99. The maximum absolute atomic E-state index is 12.3. The van der Waals surface area contributed by atoms with Gasteiger partial charge >= 0.3 is 6.18 Å². The van der Waals surface area contributed by atoms with E-state index in [1.165, 1.54) is 0 Å². The Morgan fingerprint density at radius 2 is 2.10 bits per heavy atom. The summed E-state index contributed by atoms with van der Waals surface area (Å²) in [6.07, 6.45) is -3.99. The number of hydrogen-bond donors (Lipinski definition) is 3. The minimum atomic E-state index is -4.55. The molecule has 1 aliphatic heterocycles. The number of morpholine rings is 1. The van der Waals surface area contributed by atoms with E-state index in [9.17, 15) is 13.2 Å². The van der Waals surface area contributed by atoms with Crippen LogP contribution in [0.1, 0.15) is 19.3 Å². The fourth-order valence-corrected chi connectivity index (χ4v) is 2.96. The predicted molar refractivity (Wildman–Crippen MR) is 71.1 cm³/mol. The number of alkyl halides is 3. The Morgan fingerprint density at radius 1 is 1.35 bits per heavy atom. The second kappa shape index (κ2) is 7.79. The molecule has 1 saturated heterocycles. The lowest BCUT2D eigenvalue weighted by Crippen LogP contribution is -2.52. The SMILES string of the molecule is Cl.OC(CNC1CCCC1C1COCCN1)C(F)(F)F. The molecule has 1 heterocycles. The quantitative estimate of drug-likeness (QED) is 0.726. The highest BCUT2D eigenvalue weighted by Crippen LogP contribution is 2.30. The second-order valence-corrected chi connectivity index (χ2v) is 5.30. The van der Waals surface area contributed by atoms with Crippen LogP contribution < -0.4 is 10.6 Å². The molecule has 2 aliphatic rings. The van der Waals surface area contributed by atoms with Crippen LogP contribution >= 0.6 is 12.4 Å². The molecule has 0 bridgehead atoms. The molecule has 0 spiro atoms. The summed E-state index contributed by atoms with van der Waals surface area (Å²) in [5.74, 6) is 0.278. The fourth-order valence-electron chi connectivity index (χ4n) is 2.96. The van der Waals surface area contributed by atoms with Gasteiger partial charge in [-0.3, -0.25) is 0 Å². The maximum atomic E-state index is 12.3. The van der Waals surface area contributed by atoms with Gasteiger partial charge in [-0.1, -0.05) is 6.42 Å². The van der Waals surface area contributed by atoms with Crippen molar-refractivity contribution in [1.82, 2.24) is 10.6 Å². The first-order chi connectivity index (χ1) is 8.98. The normalized spacial score (nSPS) is 32.7. The van der Waals surface area contributed by atoms with E-state index in [2.05, 4.69) is 10.6 Å². The molecule has 4 unspecified atom stereocenters.